The summed E-state index contributed by atoms with van der Waals surface area (Å²) in [5, 5.41) is 1.43. The molecule has 0 N–H and O–H groups in total. The van der Waals surface area contributed by atoms with E-state index in [-0.39, 0.29) is 23.8 Å². The van der Waals surface area contributed by atoms with E-state index in [1.54, 1.807) is 0 Å². The molecule has 0 spiro atoms. The van der Waals surface area contributed by atoms with Gasteiger partial charge in [-0.25, -0.2) is 9.59 Å². The molecule has 0 heterocycles. The molecule has 0 aromatic heterocycles. The Labute approximate surface area is 159 Å². The second kappa shape index (κ2) is 6.19. The van der Waals surface area contributed by atoms with Crippen molar-refractivity contribution < 1.29 is 19.1 Å². The summed E-state index contributed by atoms with van der Waals surface area (Å²) in [5.41, 5.74) is 1.87. The minimum atomic E-state index is -1.63. The van der Waals surface area contributed by atoms with Gasteiger partial charge in [-0.05, 0) is 23.8 Å². The summed E-state index contributed by atoms with van der Waals surface area (Å²) < 4.78 is 10.2. The second-order valence-electron chi connectivity index (χ2n) is 10.1. The van der Waals surface area contributed by atoms with E-state index >= 15 is 0 Å². The molecular weight excluding hydrogens is 360 g/mol. The molecule has 4 aliphatic rings. The Hall–Kier alpha value is -1.15. The Morgan fingerprint density at radius 1 is 0.962 bits per heavy atom. The van der Waals surface area contributed by atoms with Gasteiger partial charge in [0.25, 0.3) is 0 Å². The van der Waals surface area contributed by atoms with Crippen LogP contribution in [0, 0.1) is 23.7 Å². The van der Waals surface area contributed by atoms with Gasteiger partial charge in [0.15, 0.2) is 0 Å². The molecule has 0 aromatic carbocycles. The molecule has 4 aliphatic carbocycles. The second-order valence-corrected chi connectivity index (χ2v) is 20.7. The van der Waals surface area contributed by atoms with Crippen LogP contribution in [0.15, 0.2) is 22.4 Å². The lowest BCUT2D eigenvalue weighted by Gasteiger charge is -2.62. The Balaban J connectivity index is 2.20. The van der Waals surface area contributed by atoms with Crippen molar-refractivity contribution in [2.45, 2.75) is 51.2 Å². The van der Waals surface area contributed by atoms with Gasteiger partial charge in [0.1, 0.15) is 0 Å². The van der Waals surface area contributed by atoms with Crippen LogP contribution in [0.25, 0.3) is 0 Å². The van der Waals surface area contributed by atoms with Crippen LogP contribution in [0.1, 0.15) is 6.42 Å². The fraction of sp³-hybridized carbons (Fsp3) is 0.700. The molecule has 6 heteroatoms. The smallest absolute Gasteiger partial charge is 0.334 e. The molecule has 1 fully saturated rings. The third kappa shape index (κ3) is 2.76. The van der Waals surface area contributed by atoms with Crippen molar-refractivity contribution in [2.24, 2.45) is 23.7 Å². The van der Waals surface area contributed by atoms with Crippen LogP contribution in [0.3, 0.4) is 0 Å². The first-order valence-corrected chi connectivity index (χ1v) is 16.6. The lowest BCUT2D eigenvalue weighted by Crippen LogP contribution is -2.59. The molecule has 0 saturated heterocycles. The Morgan fingerprint density at radius 3 is 1.96 bits per heavy atom. The minimum Gasteiger partial charge on any atom is -0.466 e. The zero-order chi connectivity index (χ0) is 19.6. The summed E-state index contributed by atoms with van der Waals surface area (Å²) in [6.45, 7) is 14.3. The Morgan fingerprint density at radius 2 is 1.50 bits per heavy atom. The molecule has 5 unspecified atom stereocenters. The maximum Gasteiger partial charge on any atom is 0.334 e. The number of esters is 2. The average molecular weight is 393 g/mol. The molecule has 0 radical (unpaired) electrons. The maximum atomic E-state index is 12.8. The molecule has 5 atom stereocenters. The number of hydrogen-bond acceptors (Lipinski definition) is 4. The predicted octanol–water partition coefficient (Wildman–Crippen LogP) is 4.04. The fourth-order valence-electron chi connectivity index (χ4n) is 5.55. The van der Waals surface area contributed by atoms with E-state index in [1.807, 2.05) is 0 Å². The summed E-state index contributed by atoms with van der Waals surface area (Å²) in [6, 6.07) is 0. The van der Waals surface area contributed by atoms with E-state index in [0.29, 0.717) is 28.5 Å². The van der Waals surface area contributed by atoms with Gasteiger partial charge < -0.3 is 9.47 Å². The Kier molecular flexibility index (Phi) is 4.67. The molecule has 2 bridgehead atoms. The predicted molar refractivity (Wildman–Crippen MR) is 108 cm³/mol. The molecule has 4 nitrogen and oxygen atoms in total. The van der Waals surface area contributed by atoms with Crippen molar-refractivity contribution in [1.82, 2.24) is 0 Å². The first-order chi connectivity index (χ1) is 11.9. The van der Waals surface area contributed by atoms with Crippen LogP contribution in [-0.4, -0.2) is 42.3 Å². The summed E-state index contributed by atoms with van der Waals surface area (Å²) in [5.74, 6) is 0.315. The molecule has 1 saturated carbocycles. The SMILES string of the molecule is COC(=O)C1=C(C(=O)OC)C2C([Si](C)(C)C)=CC1C1CC([Si](C)(C)C)C21. The third-order valence-corrected chi connectivity index (χ3v) is 11.8. The topological polar surface area (TPSA) is 52.6 Å². The van der Waals surface area contributed by atoms with Crippen molar-refractivity contribution in [3.05, 3.63) is 22.4 Å². The maximum absolute atomic E-state index is 12.8. The summed E-state index contributed by atoms with van der Waals surface area (Å²) >= 11 is 0. The highest BCUT2D eigenvalue weighted by molar-refractivity contribution is 6.83. The van der Waals surface area contributed by atoms with Crippen LogP contribution in [-0.2, 0) is 19.1 Å². The van der Waals surface area contributed by atoms with Gasteiger partial charge >= 0.3 is 11.9 Å². The van der Waals surface area contributed by atoms with E-state index in [0.717, 1.165) is 0 Å². The van der Waals surface area contributed by atoms with E-state index in [9.17, 15) is 9.59 Å². The molecule has 0 aliphatic heterocycles. The number of carbonyl (C=O) groups is 2. The largest absolute Gasteiger partial charge is 0.466 e. The van der Waals surface area contributed by atoms with E-state index < -0.39 is 16.1 Å². The van der Waals surface area contributed by atoms with Gasteiger partial charge in [-0.15, -0.1) is 0 Å². The zero-order valence-corrected chi connectivity index (χ0v) is 19.3. The molecule has 144 valence electrons. The minimum absolute atomic E-state index is 0.0147. The first kappa shape index (κ1) is 19.6. The quantitative estimate of drug-likeness (QED) is 0.535. The van der Waals surface area contributed by atoms with Crippen molar-refractivity contribution in [1.29, 1.82) is 0 Å². The summed E-state index contributed by atoms with van der Waals surface area (Å²) in [4.78, 5) is 25.4. The van der Waals surface area contributed by atoms with Crippen molar-refractivity contribution in [3.8, 4) is 0 Å². The van der Waals surface area contributed by atoms with Gasteiger partial charge in [-0.2, -0.15) is 0 Å². The highest BCUT2D eigenvalue weighted by Crippen LogP contribution is 2.67. The first-order valence-electron chi connectivity index (χ1n) is 9.56. The zero-order valence-electron chi connectivity index (χ0n) is 17.3. The van der Waals surface area contributed by atoms with Gasteiger partial charge in [0.05, 0.1) is 33.4 Å². The summed E-state index contributed by atoms with van der Waals surface area (Å²) in [6.07, 6.45) is 3.50. The fourth-order valence-corrected chi connectivity index (χ4v) is 10.1. The molecule has 26 heavy (non-hydrogen) atoms. The van der Waals surface area contributed by atoms with Crippen LogP contribution >= 0.6 is 0 Å². The number of rotatable bonds is 4. The standard InChI is InChI=1S/C20H32O4Si2/c1-23-19(21)16-12-10-14(26(6,7)8)17(18(16)20(22)24-2)15-11(12)9-13(15)25(3,4)5/h10-13,15,17H,9H2,1-8H3. The van der Waals surface area contributed by atoms with Crippen LogP contribution in [0.5, 0.6) is 0 Å². The number of allylic oxidation sites excluding steroid dienone is 2. The summed E-state index contributed by atoms with van der Waals surface area (Å²) in [7, 11) is -0.155. The van der Waals surface area contributed by atoms with Crippen LogP contribution in [0.2, 0.25) is 44.8 Å². The van der Waals surface area contributed by atoms with Gasteiger partial charge in [0.2, 0.25) is 0 Å². The van der Waals surface area contributed by atoms with Crippen LogP contribution < -0.4 is 0 Å². The van der Waals surface area contributed by atoms with E-state index in [1.165, 1.54) is 25.8 Å². The van der Waals surface area contributed by atoms with Crippen molar-refractivity contribution in [3.63, 3.8) is 0 Å². The average Bonchev–Trinajstić information content (AvgIpc) is 2.49. The Bertz CT molecular complexity index is 708. The van der Waals surface area contributed by atoms with E-state index in [4.69, 9.17) is 9.47 Å². The molecule has 0 amide bonds. The van der Waals surface area contributed by atoms with Gasteiger partial charge in [0, 0.05) is 19.9 Å². The van der Waals surface area contributed by atoms with Crippen molar-refractivity contribution in [2.75, 3.05) is 14.2 Å². The van der Waals surface area contributed by atoms with Gasteiger partial charge in [-0.1, -0.05) is 50.6 Å². The monoisotopic (exact) mass is 392 g/mol. The lowest BCUT2D eigenvalue weighted by atomic mass is 9.51. The molecule has 0 aromatic rings. The van der Waals surface area contributed by atoms with Gasteiger partial charge in [-0.3, -0.25) is 0 Å². The number of hydrogen-bond donors (Lipinski definition) is 0. The third-order valence-electron chi connectivity index (χ3n) is 6.75. The number of carbonyl (C=O) groups excluding carboxylic acids is 2. The molecular formula is C20H32O4Si2. The number of ether oxygens (including phenoxy) is 2. The molecule has 4 rings (SSSR count). The van der Waals surface area contributed by atoms with Crippen LogP contribution in [0.4, 0.5) is 0 Å². The highest BCUT2D eigenvalue weighted by atomic mass is 28.3. The normalized spacial score (nSPS) is 33.2. The van der Waals surface area contributed by atoms with E-state index in [2.05, 4.69) is 45.4 Å². The lowest BCUT2D eigenvalue weighted by molar-refractivity contribution is -0.142. The number of methoxy groups -OCH3 is 2. The highest BCUT2D eigenvalue weighted by Gasteiger charge is 2.62. The van der Waals surface area contributed by atoms with Crippen molar-refractivity contribution >= 4 is 28.1 Å².